The highest BCUT2D eigenvalue weighted by Gasteiger charge is 2.14. The topological polar surface area (TPSA) is 86.7 Å². The van der Waals surface area contributed by atoms with E-state index in [0.717, 1.165) is 3.57 Å². The van der Waals surface area contributed by atoms with Gasteiger partial charge >= 0.3 is 5.82 Å². The molecule has 0 saturated carbocycles. The van der Waals surface area contributed by atoms with Crippen LogP contribution in [-0.4, -0.2) is 24.7 Å². The van der Waals surface area contributed by atoms with E-state index in [1.54, 1.807) is 6.20 Å². The molecule has 15 heavy (non-hydrogen) atoms. The van der Waals surface area contributed by atoms with Crippen molar-refractivity contribution < 1.29 is 4.92 Å². The minimum absolute atomic E-state index is 0.204. The quantitative estimate of drug-likeness (QED) is 0.471. The van der Waals surface area contributed by atoms with Crippen LogP contribution in [0.25, 0.3) is 5.82 Å². The molecule has 8 heteroatoms. The van der Waals surface area contributed by atoms with Gasteiger partial charge in [0.05, 0.1) is 20.9 Å². The van der Waals surface area contributed by atoms with Crippen LogP contribution in [-0.2, 0) is 0 Å². The van der Waals surface area contributed by atoms with Crippen molar-refractivity contribution in [1.82, 2.24) is 19.7 Å². The van der Waals surface area contributed by atoms with Gasteiger partial charge < -0.3 is 10.1 Å². The van der Waals surface area contributed by atoms with Gasteiger partial charge in [0.25, 0.3) is 0 Å². The predicted molar refractivity (Wildman–Crippen MR) is 58.5 cm³/mol. The standard InChI is InChI=1S/C7H4IN5O2/c8-5-3-9-4-10-7(5)12-2-1-6(11-12)13(14)15/h1-4H. The van der Waals surface area contributed by atoms with E-state index in [-0.39, 0.29) is 5.82 Å². The number of halogens is 1. The van der Waals surface area contributed by atoms with Crippen LogP contribution in [0.15, 0.2) is 24.8 Å². The summed E-state index contributed by atoms with van der Waals surface area (Å²) in [5.41, 5.74) is 0. The molecule has 76 valence electrons. The molecule has 0 N–H and O–H groups in total. The van der Waals surface area contributed by atoms with Gasteiger partial charge in [0.2, 0.25) is 0 Å². The zero-order valence-electron chi connectivity index (χ0n) is 7.24. The van der Waals surface area contributed by atoms with Crippen molar-refractivity contribution in [3.63, 3.8) is 0 Å². The number of hydrogen-bond acceptors (Lipinski definition) is 5. The van der Waals surface area contributed by atoms with E-state index >= 15 is 0 Å². The molecular weight excluding hydrogens is 313 g/mol. The molecule has 0 radical (unpaired) electrons. The van der Waals surface area contributed by atoms with Crippen molar-refractivity contribution in [2.45, 2.75) is 0 Å². The maximum absolute atomic E-state index is 10.4. The smallest absolute Gasteiger partial charge is 0.358 e. The van der Waals surface area contributed by atoms with Crippen LogP contribution in [0, 0.1) is 13.7 Å². The van der Waals surface area contributed by atoms with Gasteiger partial charge in [0, 0.05) is 6.20 Å². The molecule has 0 amide bonds. The highest BCUT2D eigenvalue weighted by molar-refractivity contribution is 14.1. The molecule has 0 aliphatic heterocycles. The third-order valence-corrected chi connectivity index (χ3v) is 2.39. The summed E-state index contributed by atoms with van der Waals surface area (Å²) in [6, 6.07) is 1.32. The van der Waals surface area contributed by atoms with E-state index in [0.29, 0.717) is 5.82 Å². The van der Waals surface area contributed by atoms with Crippen LogP contribution in [0.4, 0.5) is 5.82 Å². The first-order valence-corrected chi connectivity index (χ1v) is 4.92. The Morgan fingerprint density at radius 1 is 1.53 bits per heavy atom. The van der Waals surface area contributed by atoms with Crippen molar-refractivity contribution in [2.24, 2.45) is 0 Å². The summed E-state index contributed by atoms with van der Waals surface area (Å²) < 4.78 is 2.12. The molecule has 0 bridgehead atoms. The average Bonchev–Trinajstić information content (AvgIpc) is 2.67. The Hall–Kier alpha value is -1.58. The van der Waals surface area contributed by atoms with Crippen molar-refractivity contribution in [3.05, 3.63) is 38.5 Å². The minimum atomic E-state index is -0.551. The number of nitrogens with zero attached hydrogens (tertiary/aromatic N) is 5. The molecule has 2 heterocycles. The third kappa shape index (κ3) is 1.93. The van der Waals surface area contributed by atoms with Gasteiger partial charge in [-0.05, 0) is 27.5 Å². The molecule has 0 aromatic carbocycles. The molecule has 0 aliphatic carbocycles. The molecule has 0 spiro atoms. The van der Waals surface area contributed by atoms with Crippen LogP contribution in [0.3, 0.4) is 0 Å². The summed E-state index contributed by atoms with van der Waals surface area (Å²) in [6.45, 7) is 0. The zero-order valence-corrected chi connectivity index (χ0v) is 9.40. The molecule has 0 aliphatic rings. The van der Waals surface area contributed by atoms with E-state index in [9.17, 15) is 10.1 Å². The second-order valence-corrected chi connectivity index (χ2v) is 3.73. The Bertz CT molecular complexity index is 512. The van der Waals surface area contributed by atoms with E-state index < -0.39 is 4.92 Å². The van der Waals surface area contributed by atoms with Crippen molar-refractivity contribution in [1.29, 1.82) is 0 Å². The number of rotatable bonds is 2. The fourth-order valence-corrected chi connectivity index (χ4v) is 1.55. The first-order chi connectivity index (χ1) is 7.18. The SMILES string of the molecule is O=[N+]([O-])c1ccn(-c2ncncc2I)n1. The maximum atomic E-state index is 10.4. The van der Waals surface area contributed by atoms with Crippen LogP contribution >= 0.6 is 22.6 Å². The second kappa shape index (κ2) is 3.88. The summed E-state index contributed by atoms with van der Waals surface area (Å²) in [7, 11) is 0. The summed E-state index contributed by atoms with van der Waals surface area (Å²) in [5, 5.41) is 14.2. The third-order valence-electron chi connectivity index (χ3n) is 1.63. The fourth-order valence-electron chi connectivity index (χ4n) is 1.00. The Morgan fingerprint density at radius 3 is 2.93 bits per heavy atom. The fraction of sp³-hybridized carbons (Fsp3) is 0. The largest absolute Gasteiger partial charge is 0.390 e. The Morgan fingerprint density at radius 2 is 2.33 bits per heavy atom. The van der Waals surface area contributed by atoms with Crippen LogP contribution < -0.4 is 0 Å². The molecule has 7 nitrogen and oxygen atoms in total. The van der Waals surface area contributed by atoms with E-state index in [1.165, 1.54) is 23.3 Å². The predicted octanol–water partition coefficient (Wildman–Crippen LogP) is 1.18. The summed E-state index contributed by atoms with van der Waals surface area (Å²) in [4.78, 5) is 17.7. The lowest BCUT2D eigenvalue weighted by molar-refractivity contribution is -0.389. The van der Waals surface area contributed by atoms with Gasteiger partial charge in [-0.2, -0.15) is 0 Å². The number of aromatic nitrogens is 4. The average molecular weight is 317 g/mol. The Labute approximate surface area is 97.4 Å². The van der Waals surface area contributed by atoms with Gasteiger partial charge in [-0.3, -0.25) is 0 Å². The number of nitro groups is 1. The van der Waals surface area contributed by atoms with Crippen LogP contribution in [0.5, 0.6) is 0 Å². The first kappa shape index (κ1) is 9.96. The molecule has 2 rings (SSSR count). The van der Waals surface area contributed by atoms with E-state index in [2.05, 4.69) is 15.1 Å². The van der Waals surface area contributed by atoms with Crippen LogP contribution in [0.1, 0.15) is 0 Å². The van der Waals surface area contributed by atoms with Crippen LogP contribution in [0.2, 0.25) is 0 Å². The van der Waals surface area contributed by atoms with Crippen molar-refractivity contribution in [3.8, 4) is 5.82 Å². The van der Waals surface area contributed by atoms with Crippen molar-refractivity contribution in [2.75, 3.05) is 0 Å². The highest BCUT2D eigenvalue weighted by atomic mass is 127. The highest BCUT2D eigenvalue weighted by Crippen LogP contribution is 2.14. The Balaban J connectivity index is 2.46. The monoisotopic (exact) mass is 317 g/mol. The minimum Gasteiger partial charge on any atom is -0.358 e. The molecule has 0 unspecified atom stereocenters. The summed E-state index contributed by atoms with van der Waals surface area (Å²) in [6.07, 6.45) is 4.46. The van der Waals surface area contributed by atoms with Gasteiger partial charge in [-0.1, -0.05) is 0 Å². The molecular formula is C7H4IN5O2. The van der Waals surface area contributed by atoms with E-state index in [1.807, 2.05) is 22.6 Å². The summed E-state index contributed by atoms with van der Waals surface area (Å²) in [5.74, 6) is 0.322. The zero-order chi connectivity index (χ0) is 10.8. The van der Waals surface area contributed by atoms with Gasteiger partial charge in [0.1, 0.15) is 6.33 Å². The lowest BCUT2D eigenvalue weighted by atomic mass is 10.6. The first-order valence-electron chi connectivity index (χ1n) is 3.84. The molecule has 0 saturated heterocycles. The lowest BCUT2D eigenvalue weighted by Gasteiger charge is -1.96. The molecule has 0 atom stereocenters. The van der Waals surface area contributed by atoms with Gasteiger partial charge in [-0.25, -0.2) is 9.97 Å². The number of hydrogen-bond donors (Lipinski definition) is 0. The van der Waals surface area contributed by atoms with E-state index in [4.69, 9.17) is 0 Å². The maximum Gasteiger partial charge on any atom is 0.390 e. The molecule has 0 fully saturated rings. The van der Waals surface area contributed by atoms with Gasteiger partial charge in [-0.15, -0.1) is 4.68 Å². The normalized spacial score (nSPS) is 10.2. The Kier molecular flexibility index (Phi) is 2.58. The lowest BCUT2D eigenvalue weighted by Crippen LogP contribution is -2.02. The van der Waals surface area contributed by atoms with Crippen molar-refractivity contribution >= 4 is 28.4 Å². The second-order valence-electron chi connectivity index (χ2n) is 2.57. The summed E-state index contributed by atoms with van der Waals surface area (Å²) >= 11 is 2.03. The van der Waals surface area contributed by atoms with Gasteiger partial charge in [0.15, 0.2) is 5.82 Å². The molecule has 2 aromatic rings. The molecule has 2 aromatic heterocycles.